The maximum atomic E-state index is 5.75. The van der Waals surface area contributed by atoms with Crippen molar-refractivity contribution < 1.29 is 0 Å². The lowest BCUT2D eigenvalue weighted by atomic mass is 10.2. The van der Waals surface area contributed by atoms with E-state index < -0.39 is 0 Å². The van der Waals surface area contributed by atoms with Gasteiger partial charge >= 0.3 is 0 Å². The van der Waals surface area contributed by atoms with Crippen LogP contribution in [0.3, 0.4) is 0 Å². The van der Waals surface area contributed by atoms with Crippen molar-refractivity contribution in [2.75, 3.05) is 0 Å². The molecule has 1 nitrogen and oxygen atoms in total. The van der Waals surface area contributed by atoms with Gasteiger partial charge in [-0.15, -0.1) is 0 Å². The number of nitrogens with one attached hydrogen (secondary N) is 1. The molecule has 1 aromatic carbocycles. The zero-order valence-corrected chi connectivity index (χ0v) is 7.28. The van der Waals surface area contributed by atoms with Crippen molar-refractivity contribution in [2.24, 2.45) is 0 Å². The predicted molar refractivity (Wildman–Crippen MR) is 49.1 cm³/mol. The maximum absolute atomic E-state index is 5.75. The van der Waals surface area contributed by atoms with Crippen LogP contribution in [-0.2, 0) is 6.54 Å². The van der Waals surface area contributed by atoms with Gasteiger partial charge in [0.05, 0.1) is 10.0 Å². The Bertz CT molecular complexity index is 252. The van der Waals surface area contributed by atoms with Crippen molar-refractivity contribution in [3.63, 3.8) is 0 Å². The Morgan fingerprint density at radius 3 is 2.55 bits per heavy atom. The van der Waals surface area contributed by atoms with Gasteiger partial charge in [0.2, 0.25) is 0 Å². The Balaban J connectivity index is 2.86. The van der Waals surface area contributed by atoms with E-state index in [9.17, 15) is 0 Å². The van der Waals surface area contributed by atoms with Crippen LogP contribution in [0.5, 0.6) is 0 Å². The first-order chi connectivity index (χ1) is 5.24. The Hall–Kier alpha value is -0.175. The minimum atomic E-state index is 0.555. The minimum Gasteiger partial charge on any atom is -0.363 e. The van der Waals surface area contributed by atoms with E-state index in [1.165, 1.54) is 0 Å². The van der Waals surface area contributed by atoms with Crippen LogP contribution in [0.15, 0.2) is 18.2 Å². The van der Waals surface area contributed by atoms with Crippen LogP contribution in [0.25, 0.3) is 0 Å². The van der Waals surface area contributed by atoms with Crippen LogP contribution in [0, 0.1) is 0 Å². The Kier molecular flexibility index (Phi) is 3.25. The average Bonchev–Trinajstić information content (AvgIpc) is 1.98. The molecule has 0 aromatic heterocycles. The van der Waals surface area contributed by atoms with E-state index in [2.05, 4.69) is 5.23 Å². The second-order valence-electron chi connectivity index (χ2n) is 2.13. The molecule has 1 aromatic rings. The summed E-state index contributed by atoms with van der Waals surface area (Å²) >= 11 is 11.4. The summed E-state index contributed by atoms with van der Waals surface area (Å²) in [6.45, 7) is 0.594. The van der Waals surface area contributed by atoms with Crippen molar-refractivity contribution in [1.82, 2.24) is 5.23 Å². The maximum Gasteiger partial charge on any atom is 0.178 e. The van der Waals surface area contributed by atoms with Crippen LogP contribution < -0.4 is 5.23 Å². The van der Waals surface area contributed by atoms with Crippen LogP contribution in [-0.4, -0.2) is 7.98 Å². The van der Waals surface area contributed by atoms with Gasteiger partial charge in [0.15, 0.2) is 7.98 Å². The van der Waals surface area contributed by atoms with Crippen LogP contribution in [0.4, 0.5) is 0 Å². The molecule has 0 aliphatic carbocycles. The van der Waals surface area contributed by atoms with Crippen LogP contribution in [0.2, 0.25) is 10.0 Å². The highest BCUT2D eigenvalue weighted by Gasteiger charge is 1.97. The van der Waals surface area contributed by atoms with E-state index in [0.29, 0.717) is 16.6 Å². The van der Waals surface area contributed by atoms with E-state index in [-0.39, 0.29) is 0 Å². The molecule has 2 radical (unpaired) electrons. The third-order valence-corrected chi connectivity index (χ3v) is 2.03. The molecule has 0 fully saturated rings. The molecular weight excluding hydrogens is 180 g/mol. The number of hydrogen-bond acceptors (Lipinski definition) is 1. The van der Waals surface area contributed by atoms with E-state index in [0.717, 1.165) is 5.56 Å². The second-order valence-corrected chi connectivity index (χ2v) is 2.94. The largest absolute Gasteiger partial charge is 0.363 e. The predicted octanol–water partition coefficient (Wildman–Crippen LogP) is 2.17. The monoisotopic (exact) mass is 185 g/mol. The van der Waals surface area contributed by atoms with Gasteiger partial charge in [-0.25, -0.2) is 0 Å². The molecule has 0 amide bonds. The number of rotatable bonds is 2. The van der Waals surface area contributed by atoms with Gasteiger partial charge in [0.25, 0.3) is 0 Å². The summed E-state index contributed by atoms with van der Waals surface area (Å²) in [7, 11) is 5.12. The first-order valence-electron chi connectivity index (χ1n) is 3.11. The van der Waals surface area contributed by atoms with Crippen LogP contribution >= 0.6 is 23.2 Å². The van der Waals surface area contributed by atoms with Crippen LogP contribution in [0.1, 0.15) is 5.56 Å². The third-order valence-electron chi connectivity index (χ3n) is 1.29. The first kappa shape index (κ1) is 8.92. The molecule has 0 saturated heterocycles. The fraction of sp³-hybridized carbons (Fsp3) is 0.143. The van der Waals surface area contributed by atoms with Gasteiger partial charge in [-0.3, -0.25) is 0 Å². The average molecular weight is 186 g/mol. The van der Waals surface area contributed by atoms with Crippen molar-refractivity contribution in [3.8, 4) is 0 Å². The highest BCUT2D eigenvalue weighted by atomic mass is 35.5. The van der Waals surface area contributed by atoms with E-state index in [4.69, 9.17) is 31.2 Å². The van der Waals surface area contributed by atoms with Gasteiger partial charge in [-0.05, 0) is 17.7 Å². The lowest BCUT2D eigenvalue weighted by Crippen LogP contribution is -2.06. The minimum absolute atomic E-state index is 0.555. The summed E-state index contributed by atoms with van der Waals surface area (Å²) < 4.78 is 0. The van der Waals surface area contributed by atoms with Crippen molar-refractivity contribution >= 4 is 31.2 Å². The van der Waals surface area contributed by atoms with E-state index in [1.807, 2.05) is 6.07 Å². The fourth-order valence-corrected chi connectivity index (χ4v) is 1.09. The molecule has 0 spiro atoms. The van der Waals surface area contributed by atoms with Gasteiger partial charge in [-0.2, -0.15) is 0 Å². The van der Waals surface area contributed by atoms with Gasteiger partial charge < -0.3 is 5.23 Å². The molecule has 11 heavy (non-hydrogen) atoms. The van der Waals surface area contributed by atoms with Crippen molar-refractivity contribution in [2.45, 2.75) is 6.54 Å². The standard InChI is InChI=1S/C7H6BCl2N/c8-11-4-5-1-2-6(9)7(10)3-5/h1-3,11H,4H2. The van der Waals surface area contributed by atoms with E-state index in [1.54, 1.807) is 12.1 Å². The van der Waals surface area contributed by atoms with Crippen molar-refractivity contribution in [1.29, 1.82) is 0 Å². The Morgan fingerprint density at radius 2 is 2.00 bits per heavy atom. The molecule has 0 unspecified atom stereocenters. The lowest BCUT2D eigenvalue weighted by molar-refractivity contribution is 0.962. The first-order valence-corrected chi connectivity index (χ1v) is 3.87. The number of benzene rings is 1. The molecule has 4 heteroatoms. The summed E-state index contributed by atoms with van der Waals surface area (Å²) in [5.41, 5.74) is 1.02. The molecule has 0 saturated carbocycles. The fourth-order valence-electron chi connectivity index (χ4n) is 0.767. The van der Waals surface area contributed by atoms with Gasteiger partial charge in [0, 0.05) is 6.54 Å². The highest BCUT2D eigenvalue weighted by molar-refractivity contribution is 6.42. The molecule has 1 rings (SSSR count). The molecule has 0 heterocycles. The molecule has 1 N–H and O–H groups in total. The summed E-state index contributed by atoms with van der Waals surface area (Å²) in [4.78, 5) is 0. The SMILES string of the molecule is [B]NCc1ccc(Cl)c(Cl)c1. The smallest absolute Gasteiger partial charge is 0.178 e. The number of halogens is 2. The summed E-state index contributed by atoms with van der Waals surface area (Å²) in [6.07, 6.45) is 0. The normalized spacial score (nSPS) is 10.0. The topological polar surface area (TPSA) is 12.0 Å². The lowest BCUT2D eigenvalue weighted by Gasteiger charge is -2.01. The van der Waals surface area contributed by atoms with Gasteiger partial charge in [0.1, 0.15) is 0 Å². The summed E-state index contributed by atoms with van der Waals surface area (Å²) in [5, 5.41) is 3.65. The zero-order chi connectivity index (χ0) is 8.27. The molecule has 0 atom stereocenters. The Morgan fingerprint density at radius 1 is 1.27 bits per heavy atom. The summed E-state index contributed by atoms with van der Waals surface area (Å²) in [5.74, 6) is 0. The highest BCUT2D eigenvalue weighted by Crippen LogP contribution is 2.22. The molecule has 56 valence electrons. The van der Waals surface area contributed by atoms with E-state index >= 15 is 0 Å². The van der Waals surface area contributed by atoms with Crippen molar-refractivity contribution in [3.05, 3.63) is 33.8 Å². The summed E-state index contributed by atoms with van der Waals surface area (Å²) in [6, 6.07) is 5.40. The quantitative estimate of drug-likeness (QED) is 0.697. The number of hydrogen-bond donors (Lipinski definition) is 1. The molecule has 0 aliphatic rings. The zero-order valence-electron chi connectivity index (χ0n) is 5.77. The molecular formula is C7H6BCl2N. The Labute approximate surface area is 77.1 Å². The molecule has 0 bridgehead atoms. The van der Waals surface area contributed by atoms with Gasteiger partial charge in [-0.1, -0.05) is 29.3 Å². The second kappa shape index (κ2) is 4.00. The molecule has 0 aliphatic heterocycles. The third kappa shape index (κ3) is 2.40.